The average molecular weight is 584 g/mol. The minimum atomic E-state index is -4.14. The largest absolute Gasteiger partial charge is 0.354 e. The lowest BCUT2D eigenvalue weighted by Gasteiger charge is -2.33. The molecule has 40 heavy (non-hydrogen) atoms. The highest BCUT2D eigenvalue weighted by molar-refractivity contribution is 7.92. The van der Waals surface area contributed by atoms with Gasteiger partial charge in [-0.25, -0.2) is 8.42 Å². The summed E-state index contributed by atoms with van der Waals surface area (Å²) in [7, 11) is -4.14. The Kier molecular flexibility index (Phi) is 11.2. The van der Waals surface area contributed by atoms with Gasteiger partial charge in [0.05, 0.1) is 10.6 Å². The Bertz CT molecular complexity index is 1380. The first-order valence-corrected chi connectivity index (χ1v) is 15.3. The van der Waals surface area contributed by atoms with E-state index in [0.717, 1.165) is 9.87 Å². The van der Waals surface area contributed by atoms with Crippen molar-refractivity contribution in [2.45, 2.75) is 51.5 Å². The molecule has 0 saturated heterocycles. The van der Waals surface area contributed by atoms with Gasteiger partial charge in [0.25, 0.3) is 10.0 Å². The number of anilines is 1. The topological polar surface area (TPSA) is 86.8 Å². The second-order valence-electron chi connectivity index (χ2n) is 10.1. The average Bonchev–Trinajstić information content (AvgIpc) is 2.93. The highest BCUT2D eigenvalue weighted by Gasteiger charge is 2.33. The zero-order chi connectivity index (χ0) is 29.3. The molecule has 3 rings (SSSR count). The molecule has 0 aliphatic carbocycles. The van der Waals surface area contributed by atoms with E-state index in [9.17, 15) is 18.0 Å². The van der Waals surface area contributed by atoms with Gasteiger partial charge in [-0.3, -0.25) is 13.9 Å². The summed E-state index contributed by atoms with van der Waals surface area (Å²) in [4.78, 5) is 28.8. The molecule has 0 aliphatic heterocycles. The van der Waals surface area contributed by atoms with E-state index >= 15 is 0 Å². The summed E-state index contributed by atoms with van der Waals surface area (Å²) in [5.41, 5.74) is 2.11. The molecule has 9 heteroatoms. The maximum absolute atomic E-state index is 14.1. The summed E-state index contributed by atoms with van der Waals surface area (Å²) in [6.45, 7) is 7.94. The Labute approximate surface area is 243 Å². The molecule has 3 aromatic rings. The summed E-state index contributed by atoms with van der Waals surface area (Å²) < 4.78 is 29.0. The minimum Gasteiger partial charge on any atom is -0.354 e. The maximum atomic E-state index is 14.1. The van der Waals surface area contributed by atoms with E-state index in [0.29, 0.717) is 35.7 Å². The molecule has 0 spiro atoms. The third kappa shape index (κ3) is 8.08. The van der Waals surface area contributed by atoms with Gasteiger partial charge in [-0.15, -0.1) is 0 Å². The van der Waals surface area contributed by atoms with Crippen LogP contribution in [0.15, 0.2) is 83.8 Å². The van der Waals surface area contributed by atoms with Crippen molar-refractivity contribution < 1.29 is 18.0 Å². The molecule has 0 saturated carbocycles. The highest BCUT2D eigenvalue weighted by atomic mass is 35.5. The van der Waals surface area contributed by atoms with E-state index in [1.807, 2.05) is 57.2 Å². The van der Waals surface area contributed by atoms with Crippen molar-refractivity contribution in [1.29, 1.82) is 0 Å². The first-order valence-electron chi connectivity index (χ1n) is 13.5. The second-order valence-corrected chi connectivity index (χ2v) is 12.4. The Morgan fingerprint density at radius 1 is 0.925 bits per heavy atom. The molecule has 0 bridgehead atoms. The number of para-hydroxylation sites is 1. The number of benzene rings is 3. The predicted molar refractivity (Wildman–Crippen MR) is 161 cm³/mol. The number of carbonyl (C=O) groups is 2. The molecule has 214 valence electrons. The van der Waals surface area contributed by atoms with Crippen molar-refractivity contribution in [2.24, 2.45) is 5.92 Å². The number of hydrogen-bond acceptors (Lipinski definition) is 4. The molecule has 7 nitrogen and oxygen atoms in total. The molecule has 0 heterocycles. The number of hydrogen-bond donors (Lipinski definition) is 1. The molecule has 1 atom stereocenters. The number of nitrogens with zero attached hydrogens (tertiary/aromatic N) is 2. The van der Waals surface area contributed by atoms with Gasteiger partial charge >= 0.3 is 0 Å². The molecule has 0 aliphatic rings. The third-order valence-corrected chi connectivity index (χ3v) is 8.65. The zero-order valence-electron chi connectivity index (χ0n) is 23.5. The van der Waals surface area contributed by atoms with Crippen LogP contribution >= 0.6 is 11.6 Å². The van der Waals surface area contributed by atoms with Crippen molar-refractivity contribution >= 4 is 39.1 Å². The summed E-state index contributed by atoms with van der Waals surface area (Å²) in [5, 5.41) is 3.35. The molecular weight excluding hydrogens is 546 g/mol. The molecule has 0 unspecified atom stereocenters. The summed E-state index contributed by atoms with van der Waals surface area (Å²) in [6, 6.07) is 21.8. The molecule has 2 amide bonds. The van der Waals surface area contributed by atoms with Crippen molar-refractivity contribution in [3.63, 3.8) is 0 Å². The van der Waals surface area contributed by atoms with E-state index in [2.05, 4.69) is 5.32 Å². The van der Waals surface area contributed by atoms with Crippen molar-refractivity contribution in [2.75, 3.05) is 23.9 Å². The quantitative estimate of drug-likeness (QED) is 0.289. The minimum absolute atomic E-state index is 0.0190. The number of carbonyl (C=O) groups excluding carboxylic acids is 2. The van der Waals surface area contributed by atoms with Gasteiger partial charge in [0.2, 0.25) is 11.8 Å². The summed E-state index contributed by atoms with van der Waals surface area (Å²) in [5.74, 6) is -0.458. The SMILES string of the molecule is CC[C@H](C(=O)NCC(C)C)N(CCc1ccccc1)C(=O)CN(c1ccccc1C)S(=O)(=O)c1ccc(Cl)cc1. The van der Waals surface area contributed by atoms with Crippen LogP contribution in [0.3, 0.4) is 0 Å². The van der Waals surface area contributed by atoms with Gasteiger partial charge in [-0.1, -0.05) is 80.9 Å². The second kappa shape index (κ2) is 14.3. The lowest BCUT2D eigenvalue weighted by atomic mass is 10.1. The van der Waals surface area contributed by atoms with Gasteiger partial charge in [0, 0.05) is 18.1 Å². The first-order chi connectivity index (χ1) is 19.0. The Morgan fingerprint density at radius 2 is 1.55 bits per heavy atom. The molecule has 1 N–H and O–H groups in total. The molecule has 3 aromatic carbocycles. The van der Waals surface area contributed by atoms with Crippen LogP contribution in [-0.2, 0) is 26.0 Å². The number of sulfonamides is 1. The van der Waals surface area contributed by atoms with Crippen LogP contribution in [0.1, 0.15) is 38.3 Å². The van der Waals surface area contributed by atoms with Crippen LogP contribution in [0.5, 0.6) is 0 Å². The van der Waals surface area contributed by atoms with Gasteiger partial charge in [-0.2, -0.15) is 0 Å². The monoisotopic (exact) mass is 583 g/mol. The fourth-order valence-electron chi connectivity index (χ4n) is 4.41. The van der Waals surface area contributed by atoms with Gasteiger partial charge in [0.15, 0.2) is 0 Å². The lowest BCUT2D eigenvalue weighted by molar-refractivity contribution is -0.139. The van der Waals surface area contributed by atoms with Crippen molar-refractivity contribution in [1.82, 2.24) is 10.2 Å². The number of rotatable bonds is 13. The van der Waals surface area contributed by atoms with Gasteiger partial charge in [-0.05, 0) is 67.1 Å². The number of halogens is 1. The van der Waals surface area contributed by atoms with Crippen molar-refractivity contribution in [3.8, 4) is 0 Å². The standard InChI is InChI=1S/C31H38ClN3O4S/c1-5-28(31(37)33-21-23(2)3)34(20-19-25-12-7-6-8-13-25)30(36)22-35(29-14-10-9-11-24(29)4)40(38,39)27-17-15-26(32)16-18-27/h6-18,23,28H,5,19-22H2,1-4H3,(H,33,37)/t28-/m1/s1. The molecule has 0 radical (unpaired) electrons. The Morgan fingerprint density at radius 3 is 2.15 bits per heavy atom. The number of amides is 2. The number of nitrogens with one attached hydrogen (secondary N) is 1. The third-order valence-electron chi connectivity index (χ3n) is 6.62. The molecule has 0 aromatic heterocycles. The molecule has 0 fully saturated rings. The maximum Gasteiger partial charge on any atom is 0.264 e. The zero-order valence-corrected chi connectivity index (χ0v) is 25.1. The fraction of sp³-hybridized carbons (Fsp3) is 0.355. The van der Waals surface area contributed by atoms with Crippen LogP contribution < -0.4 is 9.62 Å². The first kappa shape index (κ1) is 31.2. The smallest absolute Gasteiger partial charge is 0.264 e. The van der Waals surface area contributed by atoms with Crippen molar-refractivity contribution in [3.05, 3.63) is 95.0 Å². The van der Waals surface area contributed by atoms with E-state index in [-0.39, 0.29) is 23.3 Å². The van der Waals surface area contributed by atoms with E-state index in [4.69, 9.17) is 11.6 Å². The van der Waals surface area contributed by atoms with Crippen LogP contribution in [-0.4, -0.2) is 50.8 Å². The van der Waals surface area contributed by atoms with Gasteiger partial charge in [0.1, 0.15) is 12.6 Å². The Balaban J connectivity index is 2.00. The van der Waals surface area contributed by atoms with Crippen LogP contribution in [0, 0.1) is 12.8 Å². The molecular formula is C31H38ClN3O4S. The highest BCUT2D eigenvalue weighted by Crippen LogP contribution is 2.28. The van der Waals surface area contributed by atoms with E-state index < -0.39 is 28.5 Å². The Hall–Kier alpha value is -3.36. The van der Waals surface area contributed by atoms with Gasteiger partial charge < -0.3 is 10.2 Å². The number of aryl methyl sites for hydroxylation is 1. The normalized spacial score (nSPS) is 12.2. The van der Waals surface area contributed by atoms with Crippen LogP contribution in [0.25, 0.3) is 0 Å². The predicted octanol–water partition coefficient (Wildman–Crippen LogP) is 5.47. The fourth-order valence-corrected chi connectivity index (χ4v) is 6.01. The lowest BCUT2D eigenvalue weighted by Crippen LogP contribution is -2.53. The summed E-state index contributed by atoms with van der Waals surface area (Å²) in [6.07, 6.45) is 0.910. The van der Waals surface area contributed by atoms with E-state index in [1.165, 1.54) is 29.2 Å². The summed E-state index contributed by atoms with van der Waals surface area (Å²) >= 11 is 6.01. The van der Waals surface area contributed by atoms with Crippen LogP contribution in [0.2, 0.25) is 5.02 Å². The van der Waals surface area contributed by atoms with E-state index in [1.54, 1.807) is 25.1 Å². The van der Waals surface area contributed by atoms with Crippen LogP contribution in [0.4, 0.5) is 5.69 Å².